The van der Waals surface area contributed by atoms with Gasteiger partial charge in [-0.3, -0.25) is 0 Å². The van der Waals surface area contributed by atoms with Crippen molar-refractivity contribution in [3.8, 4) is 0 Å². The second-order valence-corrected chi connectivity index (χ2v) is 10.9. The molecular formula is C16H26BNO4S2. The highest BCUT2D eigenvalue weighted by Crippen LogP contribution is 2.37. The first-order valence-corrected chi connectivity index (χ1v) is 10.8. The van der Waals surface area contributed by atoms with Crippen molar-refractivity contribution >= 4 is 33.3 Å². The highest BCUT2D eigenvalue weighted by Gasteiger charge is 2.52. The van der Waals surface area contributed by atoms with Gasteiger partial charge >= 0.3 is 7.12 Å². The molecule has 3 rings (SSSR count). The van der Waals surface area contributed by atoms with Crippen molar-refractivity contribution < 1.29 is 17.7 Å². The minimum absolute atomic E-state index is 0.0612. The lowest BCUT2D eigenvalue weighted by Gasteiger charge is -2.32. The predicted molar refractivity (Wildman–Crippen MR) is 97.2 cm³/mol. The molecule has 2 saturated heterocycles. The summed E-state index contributed by atoms with van der Waals surface area (Å²) in [7, 11) is -3.95. The number of thiophene rings is 1. The van der Waals surface area contributed by atoms with Gasteiger partial charge in [0.05, 0.1) is 11.2 Å². The van der Waals surface area contributed by atoms with Crippen molar-refractivity contribution in [3.63, 3.8) is 0 Å². The zero-order chi connectivity index (χ0) is 17.8. The molecule has 3 heterocycles. The lowest BCUT2D eigenvalue weighted by atomic mass is 9.88. The maximum Gasteiger partial charge on any atom is 0.505 e. The van der Waals surface area contributed by atoms with Gasteiger partial charge in [0.2, 0.25) is 0 Å². The molecule has 1 aromatic rings. The Hall–Kier alpha value is -0.405. The zero-order valence-electron chi connectivity index (χ0n) is 15.0. The van der Waals surface area contributed by atoms with Gasteiger partial charge < -0.3 is 9.31 Å². The molecule has 24 heavy (non-hydrogen) atoms. The monoisotopic (exact) mass is 371 g/mol. The van der Waals surface area contributed by atoms with E-state index in [1.54, 1.807) is 10.4 Å². The molecular weight excluding hydrogens is 345 g/mol. The standard InChI is InChI=1S/C16H26BNO4S2/c1-12-8-6-7-11-18(12)24(19,20)14-10-9-13(23-14)17-21-15(2,3)16(4,5)22-17/h9-10,12H,6-8,11H2,1-5H3. The number of rotatable bonds is 3. The van der Waals surface area contributed by atoms with Crippen molar-refractivity contribution in [1.82, 2.24) is 4.31 Å². The van der Waals surface area contributed by atoms with E-state index < -0.39 is 28.3 Å². The van der Waals surface area contributed by atoms with Crippen molar-refractivity contribution in [2.75, 3.05) is 6.54 Å². The molecule has 0 aromatic carbocycles. The van der Waals surface area contributed by atoms with E-state index in [-0.39, 0.29) is 6.04 Å². The van der Waals surface area contributed by atoms with Gasteiger partial charge in [-0.2, -0.15) is 4.31 Å². The summed E-state index contributed by atoms with van der Waals surface area (Å²) in [6.45, 7) is 10.6. The van der Waals surface area contributed by atoms with E-state index in [9.17, 15) is 8.42 Å². The molecule has 1 aromatic heterocycles. The van der Waals surface area contributed by atoms with Crippen molar-refractivity contribution in [2.45, 2.75) is 75.3 Å². The Morgan fingerprint density at radius 2 is 1.79 bits per heavy atom. The first kappa shape index (κ1) is 18.4. The third-order valence-electron chi connectivity index (χ3n) is 5.39. The minimum Gasteiger partial charge on any atom is -0.399 e. The largest absolute Gasteiger partial charge is 0.505 e. The van der Waals surface area contributed by atoms with Gasteiger partial charge in [0.1, 0.15) is 4.21 Å². The molecule has 134 valence electrons. The van der Waals surface area contributed by atoms with Crippen LogP contribution in [0, 0.1) is 0 Å². The van der Waals surface area contributed by atoms with Gasteiger partial charge in [0, 0.05) is 17.4 Å². The normalized spacial score (nSPS) is 27.5. The molecule has 0 radical (unpaired) electrons. The van der Waals surface area contributed by atoms with Crippen LogP contribution in [-0.2, 0) is 19.3 Å². The fourth-order valence-corrected chi connectivity index (χ4v) is 6.22. The van der Waals surface area contributed by atoms with Crippen LogP contribution in [0.4, 0.5) is 0 Å². The average molecular weight is 371 g/mol. The molecule has 2 fully saturated rings. The van der Waals surface area contributed by atoms with Crippen LogP contribution in [0.25, 0.3) is 0 Å². The zero-order valence-corrected chi connectivity index (χ0v) is 16.7. The number of nitrogens with zero attached hydrogens (tertiary/aromatic N) is 1. The lowest BCUT2D eigenvalue weighted by Crippen LogP contribution is -2.41. The van der Waals surface area contributed by atoms with Crippen LogP contribution in [0.5, 0.6) is 0 Å². The fraction of sp³-hybridized carbons (Fsp3) is 0.750. The first-order valence-electron chi connectivity index (χ1n) is 8.52. The second kappa shape index (κ2) is 6.09. The number of hydrogen-bond acceptors (Lipinski definition) is 5. The Morgan fingerprint density at radius 3 is 2.38 bits per heavy atom. The van der Waals surface area contributed by atoms with E-state index in [4.69, 9.17) is 9.31 Å². The molecule has 5 nitrogen and oxygen atoms in total. The maximum atomic E-state index is 12.9. The molecule has 0 aliphatic carbocycles. The molecule has 0 spiro atoms. The summed E-state index contributed by atoms with van der Waals surface area (Å²) >= 11 is 1.25. The number of sulfonamides is 1. The van der Waals surface area contributed by atoms with Crippen LogP contribution >= 0.6 is 11.3 Å². The number of hydrogen-bond donors (Lipinski definition) is 0. The summed E-state index contributed by atoms with van der Waals surface area (Å²) in [6, 6.07) is 3.56. The van der Waals surface area contributed by atoms with E-state index in [0.717, 1.165) is 24.0 Å². The summed E-state index contributed by atoms with van der Waals surface area (Å²) in [4.78, 5) is 0. The topological polar surface area (TPSA) is 55.8 Å². The first-order chi connectivity index (χ1) is 11.0. The molecule has 2 aliphatic heterocycles. The number of piperidine rings is 1. The molecule has 1 atom stereocenters. The van der Waals surface area contributed by atoms with Crippen molar-refractivity contribution in [2.24, 2.45) is 0 Å². The predicted octanol–water partition coefficient (Wildman–Crippen LogP) is 2.61. The fourth-order valence-electron chi connectivity index (χ4n) is 3.10. The Labute approximate surface area is 149 Å². The summed E-state index contributed by atoms with van der Waals surface area (Å²) in [5.74, 6) is 0. The smallest absolute Gasteiger partial charge is 0.399 e. The maximum absolute atomic E-state index is 12.9. The summed E-state index contributed by atoms with van der Waals surface area (Å²) in [5, 5.41) is 0. The molecule has 1 unspecified atom stereocenters. The van der Waals surface area contributed by atoms with Gasteiger partial charge in [-0.25, -0.2) is 8.42 Å². The highest BCUT2D eigenvalue weighted by atomic mass is 32.2. The van der Waals surface area contributed by atoms with Gasteiger partial charge in [-0.1, -0.05) is 12.5 Å². The molecule has 8 heteroatoms. The van der Waals surface area contributed by atoms with E-state index in [1.807, 2.05) is 40.7 Å². The average Bonchev–Trinajstić information content (AvgIpc) is 3.03. The van der Waals surface area contributed by atoms with Crippen LogP contribution < -0.4 is 4.78 Å². The van der Waals surface area contributed by atoms with E-state index in [1.165, 1.54) is 11.3 Å². The van der Waals surface area contributed by atoms with Gasteiger partial charge in [0.25, 0.3) is 10.0 Å². The molecule has 0 saturated carbocycles. The molecule has 0 bridgehead atoms. The summed E-state index contributed by atoms with van der Waals surface area (Å²) < 4.78 is 40.7. The Kier molecular flexibility index (Phi) is 4.67. The van der Waals surface area contributed by atoms with E-state index in [0.29, 0.717) is 10.8 Å². The molecule has 0 N–H and O–H groups in total. The second-order valence-electron chi connectivity index (χ2n) is 7.71. The molecule has 0 amide bonds. The highest BCUT2D eigenvalue weighted by molar-refractivity contribution is 7.91. The third kappa shape index (κ3) is 3.07. The SMILES string of the molecule is CC1CCCCN1S(=O)(=O)c1ccc(B2OC(C)(C)C(C)(C)O2)s1. The summed E-state index contributed by atoms with van der Waals surface area (Å²) in [5.41, 5.74) is -0.857. The molecule has 2 aliphatic rings. The van der Waals surface area contributed by atoms with Crippen LogP contribution in [0.15, 0.2) is 16.3 Å². The van der Waals surface area contributed by atoms with Gasteiger partial charge in [0.15, 0.2) is 0 Å². The summed E-state index contributed by atoms with van der Waals surface area (Å²) in [6.07, 6.45) is 2.95. The van der Waals surface area contributed by atoms with Crippen LogP contribution in [0.1, 0.15) is 53.9 Å². The van der Waals surface area contributed by atoms with Crippen LogP contribution in [-0.4, -0.2) is 43.6 Å². The Bertz CT molecular complexity index is 697. The van der Waals surface area contributed by atoms with E-state index >= 15 is 0 Å². The van der Waals surface area contributed by atoms with Crippen molar-refractivity contribution in [3.05, 3.63) is 12.1 Å². The Balaban J connectivity index is 1.84. The van der Waals surface area contributed by atoms with E-state index in [2.05, 4.69) is 0 Å². The van der Waals surface area contributed by atoms with Gasteiger partial charge in [-0.05, 0) is 53.5 Å². The quantitative estimate of drug-likeness (QED) is 0.767. The van der Waals surface area contributed by atoms with Gasteiger partial charge in [-0.15, -0.1) is 11.3 Å². The third-order valence-corrected chi connectivity index (χ3v) is 8.98. The lowest BCUT2D eigenvalue weighted by molar-refractivity contribution is 0.00578. The van der Waals surface area contributed by atoms with Crippen molar-refractivity contribution in [1.29, 1.82) is 0 Å². The van der Waals surface area contributed by atoms with Crippen LogP contribution in [0.2, 0.25) is 0 Å². The Morgan fingerprint density at radius 1 is 1.17 bits per heavy atom. The van der Waals surface area contributed by atoms with Crippen LogP contribution in [0.3, 0.4) is 0 Å². The minimum atomic E-state index is -3.44.